The van der Waals surface area contributed by atoms with E-state index in [9.17, 15) is 26.4 Å². The first-order valence-corrected chi connectivity index (χ1v) is 11.8. The van der Waals surface area contributed by atoms with Crippen LogP contribution in [0, 0.1) is 0 Å². The Hall–Kier alpha value is -3.19. The number of rotatable bonds is 6. The van der Waals surface area contributed by atoms with Crippen molar-refractivity contribution >= 4 is 26.7 Å². The normalized spacial score (nSPS) is 15.1. The van der Waals surface area contributed by atoms with E-state index in [1.54, 1.807) is 6.07 Å². The van der Waals surface area contributed by atoms with Crippen molar-refractivity contribution in [2.45, 2.75) is 23.9 Å². The van der Waals surface area contributed by atoms with Crippen LogP contribution in [-0.4, -0.2) is 60.2 Å². The van der Waals surface area contributed by atoms with Gasteiger partial charge in [0, 0.05) is 25.7 Å². The first-order chi connectivity index (χ1) is 16.0. The molecule has 3 aromatic rings. The molecule has 34 heavy (non-hydrogen) atoms. The SMILES string of the molecule is COc1ccc(-c2cc3ncn(C)c(=O)c3c(NCC(F)(F)F)n2)cc1S(=O)(=O)N1CCCC1. The number of nitrogens with one attached hydrogen (secondary N) is 1. The first kappa shape index (κ1) is 24.0. The molecular formula is C21H22F3N5O4S. The fourth-order valence-corrected chi connectivity index (χ4v) is 5.49. The van der Waals surface area contributed by atoms with Gasteiger partial charge in [-0.05, 0) is 37.1 Å². The number of fused-ring (bicyclic) bond motifs is 1. The number of aryl methyl sites for hydroxylation is 1. The smallest absolute Gasteiger partial charge is 0.405 e. The second-order valence-electron chi connectivity index (χ2n) is 7.86. The van der Waals surface area contributed by atoms with E-state index < -0.39 is 28.3 Å². The number of aromatic nitrogens is 3. The lowest BCUT2D eigenvalue weighted by Crippen LogP contribution is -2.28. The van der Waals surface area contributed by atoms with Crippen LogP contribution in [0.3, 0.4) is 0 Å². The highest BCUT2D eigenvalue weighted by atomic mass is 32.2. The summed E-state index contributed by atoms with van der Waals surface area (Å²) in [5, 5.41) is 2.08. The van der Waals surface area contributed by atoms with Crippen molar-refractivity contribution in [3.8, 4) is 17.0 Å². The van der Waals surface area contributed by atoms with Crippen molar-refractivity contribution in [1.82, 2.24) is 18.8 Å². The fourth-order valence-electron chi connectivity index (χ4n) is 3.79. The zero-order valence-electron chi connectivity index (χ0n) is 18.4. The van der Waals surface area contributed by atoms with Gasteiger partial charge in [-0.2, -0.15) is 17.5 Å². The predicted octanol–water partition coefficient (Wildman–Crippen LogP) is 2.76. The van der Waals surface area contributed by atoms with Crippen LogP contribution in [0.5, 0.6) is 5.75 Å². The summed E-state index contributed by atoms with van der Waals surface area (Å²) < 4.78 is 72.8. The summed E-state index contributed by atoms with van der Waals surface area (Å²) in [6.45, 7) is -0.626. The van der Waals surface area contributed by atoms with Crippen LogP contribution in [-0.2, 0) is 17.1 Å². The van der Waals surface area contributed by atoms with E-state index in [1.165, 1.54) is 43.0 Å². The molecule has 3 heterocycles. The van der Waals surface area contributed by atoms with Gasteiger partial charge >= 0.3 is 6.18 Å². The lowest BCUT2D eigenvalue weighted by molar-refractivity contribution is -0.115. The van der Waals surface area contributed by atoms with Gasteiger partial charge in [-0.15, -0.1) is 0 Å². The summed E-state index contributed by atoms with van der Waals surface area (Å²) in [6.07, 6.45) is -1.79. The molecule has 182 valence electrons. The topological polar surface area (TPSA) is 106 Å². The molecule has 0 unspecified atom stereocenters. The summed E-state index contributed by atoms with van der Waals surface area (Å²) in [4.78, 5) is 20.9. The summed E-state index contributed by atoms with van der Waals surface area (Å²) in [5.74, 6) is -0.155. The van der Waals surface area contributed by atoms with Gasteiger partial charge in [0.25, 0.3) is 5.56 Å². The van der Waals surface area contributed by atoms with Crippen LogP contribution in [0.25, 0.3) is 22.2 Å². The second-order valence-corrected chi connectivity index (χ2v) is 9.76. The van der Waals surface area contributed by atoms with Gasteiger partial charge in [0.15, 0.2) is 0 Å². The minimum Gasteiger partial charge on any atom is -0.495 e. The van der Waals surface area contributed by atoms with Gasteiger partial charge in [0.1, 0.15) is 28.4 Å². The molecule has 9 nitrogen and oxygen atoms in total. The Bertz CT molecular complexity index is 1400. The molecule has 2 aromatic heterocycles. The van der Waals surface area contributed by atoms with E-state index >= 15 is 0 Å². The maximum Gasteiger partial charge on any atom is 0.405 e. The third kappa shape index (κ3) is 4.57. The number of methoxy groups -OCH3 is 1. The molecule has 1 N–H and O–H groups in total. The Morgan fingerprint density at radius 1 is 1.18 bits per heavy atom. The Morgan fingerprint density at radius 2 is 1.88 bits per heavy atom. The highest BCUT2D eigenvalue weighted by Crippen LogP contribution is 2.34. The zero-order chi connectivity index (χ0) is 24.7. The van der Waals surface area contributed by atoms with E-state index in [2.05, 4.69) is 15.3 Å². The number of pyridine rings is 1. The number of nitrogens with zero attached hydrogens (tertiary/aromatic N) is 4. The summed E-state index contributed by atoms with van der Waals surface area (Å²) in [5.41, 5.74) is 0.0229. The maximum atomic E-state index is 13.2. The number of sulfonamides is 1. The molecule has 4 rings (SSSR count). The standard InChI is InChI=1S/C21H22F3N5O4S/c1-28-12-26-15-10-14(27-19(18(15)20(28)30)25-11-21(22,23)24)13-5-6-16(33-2)17(9-13)34(31,32)29-7-3-4-8-29/h5-6,9-10,12H,3-4,7-8,11H2,1-2H3,(H,25,27). The molecule has 1 aliphatic heterocycles. The monoisotopic (exact) mass is 497 g/mol. The molecular weight excluding hydrogens is 475 g/mol. The van der Waals surface area contributed by atoms with E-state index in [0.29, 0.717) is 18.7 Å². The Kier molecular flexibility index (Phi) is 6.25. The number of benzene rings is 1. The average molecular weight is 497 g/mol. The minimum absolute atomic E-state index is 0.0713. The number of hydrogen-bond donors (Lipinski definition) is 1. The Labute approximate surface area is 193 Å². The molecule has 1 fully saturated rings. The van der Waals surface area contributed by atoms with Crippen molar-refractivity contribution in [3.63, 3.8) is 0 Å². The van der Waals surface area contributed by atoms with Crippen molar-refractivity contribution < 1.29 is 26.3 Å². The molecule has 1 aromatic carbocycles. The van der Waals surface area contributed by atoms with Crippen LogP contribution in [0.1, 0.15) is 12.8 Å². The third-order valence-corrected chi connectivity index (χ3v) is 7.42. The van der Waals surface area contributed by atoms with Crippen LogP contribution < -0.4 is 15.6 Å². The molecule has 0 atom stereocenters. The summed E-state index contributed by atoms with van der Waals surface area (Å²) in [7, 11) is -1.08. The van der Waals surface area contributed by atoms with E-state index in [0.717, 1.165) is 17.4 Å². The highest BCUT2D eigenvalue weighted by Gasteiger charge is 2.31. The number of hydrogen-bond acceptors (Lipinski definition) is 7. The molecule has 0 bridgehead atoms. The summed E-state index contributed by atoms with van der Waals surface area (Å²) in [6, 6.07) is 5.81. The third-order valence-electron chi connectivity index (χ3n) is 5.50. The van der Waals surface area contributed by atoms with Gasteiger partial charge in [0.05, 0.1) is 24.6 Å². The zero-order valence-corrected chi connectivity index (χ0v) is 19.2. The molecule has 0 spiro atoms. The largest absolute Gasteiger partial charge is 0.495 e. The van der Waals surface area contributed by atoms with E-state index in [4.69, 9.17) is 4.74 Å². The molecule has 1 aliphatic rings. The average Bonchev–Trinajstić information content (AvgIpc) is 3.35. The number of halogens is 3. The van der Waals surface area contributed by atoms with Gasteiger partial charge < -0.3 is 14.6 Å². The van der Waals surface area contributed by atoms with Gasteiger partial charge in [-0.3, -0.25) is 4.79 Å². The second kappa shape index (κ2) is 8.87. The van der Waals surface area contributed by atoms with Gasteiger partial charge in [-0.25, -0.2) is 18.4 Å². The molecule has 0 saturated carbocycles. The van der Waals surface area contributed by atoms with Crippen LogP contribution in [0.15, 0.2) is 40.3 Å². The van der Waals surface area contributed by atoms with Gasteiger partial charge in [0.2, 0.25) is 10.0 Å². The molecule has 0 amide bonds. The number of ether oxygens (including phenoxy) is 1. The van der Waals surface area contributed by atoms with Crippen LogP contribution in [0.4, 0.5) is 19.0 Å². The quantitative estimate of drug-likeness (QED) is 0.558. The Morgan fingerprint density at radius 3 is 2.53 bits per heavy atom. The van der Waals surface area contributed by atoms with Crippen molar-refractivity contribution in [2.24, 2.45) is 7.05 Å². The molecule has 0 aliphatic carbocycles. The molecule has 0 radical (unpaired) electrons. The lowest BCUT2D eigenvalue weighted by atomic mass is 10.1. The van der Waals surface area contributed by atoms with Crippen molar-refractivity contribution in [1.29, 1.82) is 0 Å². The van der Waals surface area contributed by atoms with E-state index in [1.807, 2.05) is 0 Å². The first-order valence-electron chi connectivity index (χ1n) is 10.4. The van der Waals surface area contributed by atoms with E-state index in [-0.39, 0.29) is 33.1 Å². The lowest BCUT2D eigenvalue weighted by Gasteiger charge is -2.18. The highest BCUT2D eigenvalue weighted by molar-refractivity contribution is 7.89. The van der Waals surface area contributed by atoms with Crippen molar-refractivity contribution in [3.05, 3.63) is 40.9 Å². The van der Waals surface area contributed by atoms with Gasteiger partial charge in [-0.1, -0.05) is 0 Å². The molecule has 13 heteroatoms. The fraction of sp³-hybridized carbons (Fsp3) is 0.381. The minimum atomic E-state index is -4.55. The summed E-state index contributed by atoms with van der Waals surface area (Å²) >= 11 is 0. The predicted molar refractivity (Wildman–Crippen MR) is 119 cm³/mol. The Balaban J connectivity index is 1.88. The number of anilines is 1. The van der Waals surface area contributed by atoms with Crippen LogP contribution in [0.2, 0.25) is 0 Å². The maximum absolute atomic E-state index is 13.2. The number of alkyl halides is 3. The van der Waals surface area contributed by atoms with Crippen LogP contribution >= 0.6 is 0 Å². The molecule has 1 saturated heterocycles. The van der Waals surface area contributed by atoms with Crippen molar-refractivity contribution in [2.75, 3.05) is 32.1 Å².